The Labute approximate surface area is 253 Å². The minimum atomic E-state index is -4.69. The van der Waals surface area contributed by atoms with E-state index in [-0.39, 0.29) is 6.54 Å². The van der Waals surface area contributed by atoms with Crippen LogP contribution < -0.4 is 5.32 Å². The van der Waals surface area contributed by atoms with Crippen LogP contribution in [0, 0.1) is 16.7 Å². The van der Waals surface area contributed by atoms with Crippen molar-refractivity contribution >= 4 is 44.1 Å². The number of hydrogen-bond acceptors (Lipinski definition) is 8. The third-order valence-corrected chi connectivity index (χ3v) is 9.35. The van der Waals surface area contributed by atoms with Crippen LogP contribution in [0.5, 0.6) is 0 Å². The van der Waals surface area contributed by atoms with E-state index in [9.17, 15) is 33.0 Å². The van der Waals surface area contributed by atoms with Crippen molar-refractivity contribution in [2.75, 3.05) is 19.6 Å². The maximum Gasteiger partial charge on any atom is 0.406 e. The molecular weight excluding hydrogens is 608 g/mol. The highest BCUT2D eigenvalue weighted by Crippen LogP contribution is 2.41. The average Bonchev–Trinajstić information content (AvgIpc) is 3.56. The van der Waals surface area contributed by atoms with E-state index in [0.717, 1.165) is 57.6 Å². The average molecular weight is 635 g/mol. The fourth-order valence-corrected chi connectivity index (χ4v) is 7.29. The molecule has 43 heavy (non-hydrogen) atoms. The number of pyridine rings is 1. The predicted octanol–water partition coefficient (Wildman–Crippen LogP) is 5.55. The third kappa shape index (κ3) is 5.83. The first kappa shape index (κ1) is 29.8. The summed E-state index contributed by atoms with van der Waals surface area (Å²) >= 11 is 7.82. The fraction of sp³-hybridized carbons (Fsp3) is 0.379. The van der Waals surface area contributed by atoms with Crippen LogP contribution in [-0.4, -0.2) is 68.0 Å². The van der Waals surface area contributed by atoms with Gasteiger partial charge in [-0.05, 0) is 56.3 Å². The number of nitriles is 1. The van der Waals surface area contributed by atoms with Crippen LogP contribution in [0.2, 0.25) is 5.02 Å². The van der Waals surface area contributed by atoms with Crippen LogP contribution >= 0.6 is 22.9 Å². The highest BCUT2D eigenvalue weighted by molar-refractivity contribution is 7.19. The number of alkyl halides is 3. The van der Waals surface area contributed by atoms with Gasteiger partial charge in [-0.15, -0.1) is 11.3 Å². The Bertz CT molecular complexity index is 1740. The van der Waals surface area contributed by atoms with E-state index in [1.54, 1.807) is 12.3 Å². The highest BCUT2D eigenvalue weighted by Gasteiger charge is 2.40. The van der Waals surface area contributed by atoms with E-state index in [0.29, 0.717) is 33.1 Å². The summed E-state index contributed by atoms with van der Waals surface area (Å²) in [6.07, 6.45) is -3.00. The van der Waals surface area contributed by atoms with E-state index in [4.69, 9.17) is 11.6 Å². The Morgan fingerprint density at radius 2 is 1.93 bits per heavy atom. The van der Waals surface area contributed by atoms with Gasteiger partial charge < -0.3 is 25.0 Å². The zero-order valence-corrected chi connectivity index (χ0v) is 24.2. The topological polar surface area (TPSA) is 101 Å². The Morgan fingerprint density at radius 3 is 2.65 bits per heavy atom. The van der Waals surface area contributed by atoms with Crippen LogP contribution in [0.15, 0.2) is 54.8 Å². The zero-order chi connectivity index (χ0) is 30.5. The summed E-state index contributed by atoms with van der Waals surface area (Å²) < 4.78 is 56.4. The van der Waals surface area contributed by atoms with Gasteiger partial charge in [0.25, 0.3) is 0 Å². The van der Waals surface area contributed by atoms with Crippen molar-refractivity contribution in [2.24, 2.45) is 5.41 Å². The lowest BCUT2D eigenvalue weighted by Crippen LogP contribution is -2.55. The minimum absolute atomic E-state index is 0.238. The molecule has 3 aromatic heterocycles. The van der Waals surface area contributed by atoms with Gasteiger partial charge in [0.2, 0.25) is 0 Å². The van der Waals surface area contributed by atoms with Crippen LogP contribution in [0.4, 0.5) is 17.6 Å². The van der Waals surface area contributed by atoms with Gasteiger partial charge in [-0.1, -0.05) is 11.6 Å². The smallest absolute Gasteiger partial charge is 0.371 e. The maximum atomic E-state index is 14.4. The molecule has 2 atom stereocenters. The third-order valence-electron chi connectivity index (χ3n) is 7.99. The van der Waals surface area contributed by atoms with E-state index in [2.05, 4.69) is 20.9 Å². The van der Waals surface area contributed by atoms with Crippen LogP contribution in [0.1, 0.15) is 17.7 Å². The van der Waals surface area contributed by atoms with Crippen molar-refractivity contribution in [3.8, 4) is 17.2 Å². The fourth-order valence-electron chi connectivity index (χ4n) is 5.91. The van der Waals surface area contributed by atoms with Crippen molar-refractivity contribution in [3.63, 3.8) is 0 Å². The van der Waals surface area contributed by atoms with Crippen molar-refractivity contribution in [1.82, 2.24) is 24.7 Å². The molecule has 4 aromatic rings. The van der Waals surface area contributed by atoms with E-state index in [1.807, 2.05) is 30.5 Å². The van der Waals surface area contributed by atoms with E-state index >= 15 is 0 Å². The Hall–Kier alpha value is -3.25. The summed E-state index contributed by atoms with van der Waals surface area (Å²) in [4.78, 5) is 6.24. The minimum Gasteiger partial charge on any atom is -0.371 e. The first-order valence-electron chi connectivity index (χ1n) is 13.6. The number of rotatable bonds is 6. The molecule has 14 heteroatoms. The van der Waals surface area contributed by atoms with Crippen molar-refractivity contribution < 1.29 is 27.8 Å². The number of aromatic nitrogens is 2. The second-order valence-corrected chi connectivity index (χ2v) is 12.5. The summed E-state index contributed by atoms with van der Waals surface area (Å²) in [5, 5.41) is 35.8. The number of hydrogen-bond donors (Lipinski definition) is 3. The lowest BCUT2D eigenvalue weighted by molar-refractivity contribution is -0.211. The summed E-state index contributed by atoms with van der Waals surface area (Å²) in [5.74, 6) is -1.21. The number of aliphatic hydroxyl groups is 2. The molecule has 0 spiro atoms. The molecule has 0 aliphatic carbocycles. The number of nitrogens with zero attached hydrogens (tertiary/aromatic N) is 5. The predicted molar refractivity (Wildman–Crippen MR) is 155 cm³/mol. The number of thiophene rings is 1. The molecule has 3 N–H and O–H groups in total. The van der Waals surface area contributed by atoms with Gasteiger partial charge in [-0.3, -0.25) is 4.98 Å². The molecule has 2 aliphatic rings. The lowest BCUT2D eigenvalue weighted by Gasteiger charge is -2.41. The summed E-state index contributed by atoms with van der Waals surface area (Å²) in [5.41, 5.74) is 2.59. The monoisotopic (exact) mass is 634 g/mol. The molecule has 1 aromatic carbocycles. The number of fused-ring (bicyclic) bond motifs is 2. The Morgan fingerprint density at radius 1 is 1.16 bits per heavy atom. The summed E-state index contributed by atoms with van der Waals surface area (Å²) in [6, 6.07) is 11.8. The van der Waals surface area contributed by atoms with Crippen molar-refractivity contribution in [2.45, 2.75) is 44.7 Å². The normalized spacial score (nSPS) is 21.3. The molecular formula is C29H27ClF4N6O2S. The zero-order valence-electron chi connectivity index (χ0n) is 22.7. The summed E-state index contributed by atoms with van der Waals surface area (Å²) in [7, 11) is 0. The van der Waals surface area contributed by atoms with Gasteiger partial charge in [0, 0.05) is 58.1 Å². The number of aliphatic hydroxyl groups excluding tert-OH is 2. The van der Waals surface area contributed by atoms with Gasteiger partial charge >= 0.3 is 6.18 Å². The lowest BCUT2D eigenvalue weighted by atomic mass is 9.80. The van der Waals surface area contributed by atoms with Gasteiger partial charge in [-0.2, -0.15) is 18.4 Å². The molecule has 1 saturated heterocycles. The van der Waals surface area contributed by atoms with Crippen molar-refractivity contribution in [3.05, 3.63) is 64.7 Å². The molecule has 0 saturated carbocycles. The molecule has 1 fully saturated rings. The number of halogens is 5. The van der Waals surface area contributed by atoms with Crippen LogP contribution in [0.3, 0.4) is 0 Å². The molecule has 0 radical (unpaired) electrons. The first-order chi connectivity index (χ1) is 20.5. The number of benzene rings is 1. The van der Waals surface area contributed by atoms with Gasteiger partial charge in [0.1, 0.15) is 6.54 Å². The van der Waals surface area contributed by atoms with Gasteiger partial charge in [-0.25, -0.2) is 9.29 Å². The SMILES string of the molecule is N#CC1(Cn2ccc3cc(Cl)cc(-c4ccnc5cc(CN6C(O)C(F)=CN(CC(F)(F)F)C6O)sc45)c32)CCNCC1. The molecule has 5 heterocycles. The maximum absolute atomic E-state index is 14.4. The second-order valence-electron chi connectivity index (χ2n) is 11.0. The van der Waals surface area contributed by atoms with Crippen molar-refractivity contribution in [1.29, 1.82) is 5.26 Å². The molecule has 0 amide bonds. The van der Waals surface area contributed by atoms with Crippen LogP contribution in [-0.2, 0) is 13.1 Å². The molecule has 2 unspecified atom stereocenters. The van der Waals surface area contributed by atoms with E-state index in [1.165, 1.54) is 11.3 Å². The van der Waals surface area contributed by atoms with Gasteiger partial charge in [0.05, 0.1) is 27.2 Å². The standard InChI is InChI=1S/C29H27ClF4N6O2S/c30-18-9-17-2-8-38(15-28(14-35)3-6-36-7-4-28)24(17)21(10-18)20-1-5-37-23-11-19(43-25(20)23)12-40-26(41)22(31)13-39(27(40)42)16-29(32,33)34/h1-2,5,8-11,13,26-27,36,41-42H,3-4,6-7,12,15-16H2. The molecule has 0 bridgehead atoms. The highest BCUT2D eigenvalue weighted by atomic mass is 35.5. The quantitative estimate of drug-likeness (QED) is 0.239. The van der Waals surface area contributed by atoms with Gasteiger partial charge in [0.15, 0.2) is 18.4 Å². The summed E-state index contributed by atoms with van der Waals surface area (Å²) in [6.45, 7) is 0.214. The number of piperidine rings is 1. The van der Waals surface area contributed by atoms with E-state index < -0.39 is 36.5 Å². The Kier molecular flexibility index (Phi) is 7.87. The largest absolute Gasteiger partial charge is 0.406 e. The Balaban J connectivity index is 1.38. The molecule has 6 rings (SSSR count). The first-order valence-corrected chi connectivity index (χ1v) is 14.8. The second kappa shape index (κ2) is 11.4. The molecule has 226 valence electrons. The van der Waals surface area contributed by atoms with Crippen LogP contribution in [0.25, 0.3) is 32.2 Å². The molecule has 2 aliphatic heterocycles. The number of nitrogens with one attached hydrogen (secondary N) is 1. The molecule has 8 nitrogen and oxygen atoms in total.